The number of rotatable bonds is 4. The highest BCUT2D eigenvalue weighted by Gasteiger charge is 2.06. The first-order valence-corrected chi connectivity index (χ1v) is 3.13. The van der Waals surface area contributed by atoms with Gasteiger partial charge in [-0.05, 0) is 0 Å². The number of ether oxygens (including phenoxy) is 1. The molecule has 0 heterocycles. The van der Waals surface area contributed by atoms with Crippen molar-refractivity contribution >= 4 is 5.97 Å². The van der Waals surface area contributed by atoms with E-state index in [1.54, 1.807) is 6.92 Å². The molecule has 0 bridgehead atoms. The zero-order valence-electron chi connectivity index (χ0n) is 5.87. The van der Waals surface area contributed by atoms with Gasteiger partial charge in [0.15, 0.2) is 0 Å². The van der Waals surface area contributed by atoms with E-state index >= 15 is 0 Å². The number of carbonyl (C=O) groups excluding carboxylic acids is 1. The van der Waals surface area contributed by atoms with Crippen molar-refractivity contribution in [1.82, 2.24) is 0 Å². The zero-order chi connectivity index (χ0) is 7.98. The van der Waals surface area contributed by atoms with Gasteiger partial charge in [0.2, 0.25) is 0 Å². The predicted molar refractivity (Wildman–Crippen MR) is 32.8 cm³/mol. The van der Waals surface area contributed by atoms with E-state index in [2.05, 4.69) is 4.74 Å². The number of esters is 1. The molecule has 10 heavy (non-hydrogen) atoms. The van der Waals surface area contributed by atoms with Crippen LogP contribution in [0.5, 0.6) is 0 Å². The number of aliphatic hydroxyl groups is 1. The molecule has 1 atom stereocenters. The van der Waals surface area contributed by atoms with Gasteiger partial charge in [0.1, 0.15) is 12.7 Å². The summed E-state index contributed by atoms with van der Waals surface area (Å²) in [5, 5.41) is 18.6. The van der Waals surface area contributed by atoms with Gasteiger partial charge in [-0.25, -0.2) is 5.11 Å². The summed E-state index contributed by atoms with van der Waals surface area (Å²) in [6, 6.07) is 0. The number of hydrogen-bond donors (Lipinski definition) is 1. The van der Waals surface area contributed by atoms with Crippen LogP contribution in [0.15, 0.2) is 0 Å². The smallest absolute Gasteiger partial charge is 0.305 e. The average Bonchev–Trinajstić information content (AvgIpc) is 1.99. The van der Waals surface area contributed by atoms with Crippen LogP contribution in [0.2, 0.25) is 0 Å². The van der Waals surface area contributed by atoms with Gasteiger partial charge in [0, 0.05) is 6.42 Å². The van der Waals surface area contributed by atoms with Crippen LogP contribution in [0.25, 0.3) is 0 Å². The maximum atomic E-state index is 10.4. The summed E-state index contributed by atoms with van der Waals surface area (Å²) >= 11 is 0. The number of carbonyl (C=O) groups is 1. The average molecular weight is 147 g/mol. The Hall–Kier alpha value is -0.610. The lowest BCUT2D eigenvalue weighted by atomic mass is 10.4. The van der Waals surface area contributed by atoms with E-state index in [0.717, 1.165) is 0 Å². The molecule has 1 radical (unpaired) electrons. The molecule has 0 rings (SSSR count). The largest absolute Gasteiger partial charge is 0.463 e. The van der Waals surface area contributed by atoms with E-state index in [-0.39, 0.29) is 13.0 Å². The SMILES string of the molecule is CCC(=O)OCC([O])CO. The van der Waals surface area contributed by atoms with Gasteiger partial charge >= 0.3 is 5.97 Å². The van der Waals surface area contributed by atoms with E-state index in [0.29, 0.717) is 0 Å². The highest BCUT2D eigenvalue weighted by Crippen LogP contribution is 1.88. The topological polar surface area (TPSA) is 66.4 Å². The minimum atomic E-state index is -1.20. The second-order valence-electron chi connectivity index (χ2n) is 1.84. The van der Waals surface area contributed by atoms with Crippen molar-refractivity contribution in [2.45, 2.75) is 19.4 Å². The molecule has 1 N–H and O–H groups in total. The van der Waals surface area contributed by atoms with Crippen molar-refractivity contribution in [3.8, 4) is 0 Å². The minimum Gasteiger partial charge on any atom is -0.463 e. The Balaban J connectivity index is 3.26. The minimum absolute atomic E-state index is 0.233. The van der Waals surface area contributed by atoms with Crippen LogP contribution in [-0.4, -0.2) is 30.4 Å². The van der Waals surface area contributed by atoms with Crippen LogP contribution in [0, 0.1) is 0 Å². The van der Waals surface area contributed by atoms with Crippen LogP contribution in [0.4, 0.5) is 0 Å². The van der Waals surface area contributed by atoms with Crippen LogP contribution < -0.4 is 0 Å². The third-order valence-corrected chi connectivity index (χ3v) is 0.923. The highest BCUT2D eigenvalue weighted by atomic mass is 16.5. The van der Waals surface area contributed by atoms with Gasteiger partial charge < -0.3 is 9.84 Å². The molecule has 0 aliphatic rings. The maximum absolute atomic E-state index is 10.4. The summed E-state index contributed by atoms with van der Waals surface area (Å²) in [6.45, 7) is 0.918. The Morgan fingerprint density at radius 2 is 2.30 bits per heavy atom. The molecular formula is C6H11O4. The molecule has 1 unspecified atom stereocenters. The van der Waals surface area contributed by atoms with E-state index in [1.165, 1.54) is 0 Å². The highest BCUT2D eigenvalue weighted by molar-refractivity contribution is 5.68. The molecule has 0 amide bonds. The molecule has 4 nitrogen and oxygen atoms in total. The van der Waals surface area contributed by atoms with E-state index in [4.69, 9.17) is 5.11 Å². The lowest BCUT2D eigenvalue weighted by Gasteiger charge is -2.04. The van der Waals surface area contributed by atoms with Crippen LogP contribution >= 0.6 is 0 Å². The monoisotopic (exact) mass is 147 g/mol. The van der Waals surface area contributed by atoms with Gasteiger partial charge in [0.05, 0.1) is 6.61 Å². The van der Waals surface area contributed by atoms with Gasteiger partial charge in [-0.15, -0.1) is 0 Å². The first kappa shape index (κ1) is 9.39. The second kappa shape index (κ2) is 5.20. The summed E-state index contributed by atoms with van der Waals surface area (Å²) < 4.78 is 4.43. The lowest BCUT2D eigenvalue weighted by molar-refractivity contribution is -0.148. The summed E-state index contributed by atoms with van der Waals surface area (Å²) in [7, 11) is 0. The molecular weight excluding hydrogens is 136 g/mol. The van der Waals surface area contributed by atoms with Crippen LogP contribution in [0.3, 0.4) is 0 Å². The fourth-order valence-electron chi connectivity index (χ4n) is 0.341. The fraction of sp³-hybridized carbons (Fsp3) is 0.833. The molecule has 0 spiro atoms. The van der Waals surface area contributed by atoms with Crippen molar-refractivity contribution in [3.63, 3.8) is 0 Å². The van der Waals surface area contributed by atoms with E-state index < -0.39 is 18.7 Å². The van der Waals surface area contributed by atoms with Crippen molar-refractivity contribution in [2.75, 3.05) is 13.2 Å². The molecule has 0 aliphatic heterocycles. The molecule has 0 saturated carbocycles. The van der Waals surface area contributed by atoms with E-state index in [1.807, 2.05) is 0 Å². The molecule has 0 aromatic rings. The summed E-state index contributed by atoms with van der Waals surface area (Å²) in [5.74, 6) is -0.408. The lowest BCUT2D eigenvalue weighted by Crippen LogP contribution is -2.20. The fourth-order valence-corrected chi connectivity index (χ4v) is 0.341. The molecule has 0 aromatic heterocycles. The molecule has 0 saturated heterocycles. The molecule has 4 heteroatoms. The van der Waals surface area contributed by atoms with E-state index in [9.17, 15) is 9.90 Å². The Morgan fingerprint density at radius 3 is 2.70 bits per heavy atom. The maximum Gasteiger partial charge on any atom is 0.305 e. The third kappa shape index (κ3) is 4.29. The standard InChI is InChI=1S/C6H11O4/c1-2-6(9)10-4-5(8)3-7/h5,7H,2-4H2,1H3. The normalized spacial score (nSPS) is 12.7. The Bertz CT molecular complexity index is 102. The van der Waals surface area contributed by atoms with Crippen molar-refractivity contribution < 1.29 is 19.7 Å². The van der Waals surface area contributed by atoms with Crippen molar-refractivity contribution in [2.24, 2.45) is 0 Å². The molecule has 0 fully saturated rings. The number of hydrogen-bond acceptors (Lipinski definition) is 3. The summed E-state index contributed by atoms with van der Waals surface area (Å²) in [5.41, 5.74) is 0. The van der Waals surface area contributed by atoms with Gasteiger partial charge in [-0.3, -0.25) is 4.79 Å². The molecule has 0 aliphatic carbocycles. The predicted octanol–water partition coefficient (Wildman–Crippen LogP) is -0.269. The molecule has 0 aromatic carbocycles. The summed E-state index contributed by atoms with van der Waals surface area (Å²) in [6.07, 6.45) is -0.937. The van der Waals surface area contributed by atoms with Crippen molar-refractivity contribution in [1.29, 1.82) is 0 Å². The molecule has 59 valence electrons. The Morgan fingerprint density at radius 1 is 1.70 bits per heavy atom. The van der Waals surface area contributed by atoms with Crippen molar-refractivity contribution in [3.05, 3.63) is 0 Å². The third-order valence-electron chi connectivity index (χ3n) is 0.923. The quantitative estimate of drug-likeness (QED) is 0.556. The first-order valence-electron chi connectivity index (χ1n) is 3.13. The van der Waals surface area contributed by atoms with Gasteiger partial charge in [0.25, 0.3) is 0 Å². The first-order chi connectivity index (χ1) is 4.70. The Kier molecular flexibility index (Phi) is 4.88. The van der Waals surface area contributed by atoms with Crippen LogP contribution in [0.1, 0.15) is 13.3 Å². The van der Waals surface area contributed by atoms with Gasteiger partial charge in [-0.2, -0.15) is 0 Å². The zero-order valence-corrected chi connectivity index (χ0v) is 5.87. The number of aliphatic hydroxyl groups excluding tert-OH is 1. The van der Waals surface area contributed by atoms with Crippen LogP contribution in [-0.2, 0) is 14.6 Å². The Labute approximate surface area is 59.4 Å². The van der Waals surface area contributed by atoms with Gasteiger partial charge in [-0.1, -0.05) is 6.92 Å². The summed E-state index contributed by atoms with van der Waals surface area (Å²) in [4.78, 5) is 10.4. The second-order valence-corrected chi connectivity index (χ2v) is 1.84.